The molecular formula is C22H31FIN3O2. The van der Waals surface area contributed by atoms with Crippen molar-refractivity contribution in [2.45, 2.75) is 63.5 Å². The number of rotatable bonds is 7. The van der Waals surface area contributed by atoms with E-state index in [1.54, 1.807) is 6.07 Å². The largest absolute Gasteiger partial charge is 0.352 e. The molecule has 0 aliphatic heterocycles. The van der Waals surface area contributed by atoms with Crippen LogP contribution in [0.1, 0.15) is 62.2 Å². The number of hydrogen-bond acceptors (Lipinski definition) is 3. The van der Waals surface area contributed by atoms with Crippen molar-refractivity contribution in [2.75, 3.05) is 20.1 Å². The van der Waals surface area contributed by atoms with E-state index in [0.29, 0.717) is 34.2 Å². The van der Waals surface area contributed by atoms with Gasteiger partial charge in [-0.1, -0.05) is 0 Å². The summed E-state index contributed by atoms with van der Waals surface area (Å²) < 4.78 is 14.2. The lowest BCUT2D eigenvalue weighted by atomic mass is 9.77. The fourth-order valence-corrected chi connectivity index (χ4v) is 4.90. The Hall–Kier alpha value is -1.22. The minimum absolute atomic E-state index is 0.0500. The highest BCUT2D eigenvalue weighted by atomic mass is 127. The van der Waals surface area contributed by atoms with Crippen LogP contribution in [0.2, 0.25) is 0 Å². The van der Waals surface area contributed by atoms with Gasteiger partial charge in [-0.05, 0) is 98.6 Å². The van der Waals surface area contributed by atoms with E-state index in [4.69, 9.17) is 0 Å². The highest BCUT2D eigenvalue weighted by Crippen LogP contribution is 2.36. The third kappa shape index (κ3) is 5.90. The predicted molar refractivity (Wildman–Crippen MR) is 120 cm³/mol. The molecule has 0 saturated heterocycles. The number of likely N-dealkylation sites (N-methyl/N-ethyl adjacent to an activating group) is 1. The molecule has 0 heterocycles. The molecule has 2 aliphatic rings. The van der Waals surface area contributed by atoms with Gasteiger partial charge in [0, 0.05) is 34.3 Å². The zero-order valence-corrected chi connectivity index (χ0v) is 19.4. The summed E-state index contributed by atoms with van der Waals surface area (Å²) in [6.45, 7) is 3.17. The maximum absolute atomic E-state index is 13.5. The SMILES string of the molecule is CN(C(=O)CNC1CCC(CNC(=O)c2cc(F)cc(I)c2)CC1)C1(C)CCC1. The molecule has 0 radical (unpaired) electrons. The molecule has 1 aromatic rings. The summed E-state index contributed by atoms with van der Waals surface area (Å²) >= 11 is 2.01. The van der Waals surface area contributed by atoms with Crippen molar-refractivity contribution in [3.8, 4) is 0 Å². The van der Waals surface area contributed by atoms with E-state index in [1.807, 2.05) is 34.5 Å². The second-order valence-electron chi connectivity index (χ2n) is 8.77. The van der Waals surface area contributed by atoms with Crippen molar-refractivity contribution in [3.05, 3.63) is 33.1 Å². The standard InChI is InChI=1S/C22H31FIN3O2/c1-22(8-3-9-22)27(2)20(28)14-25-19-6-4-15(5-7-19)13-26-21(29)16-10-17(23)12-18(24)11-16/h10-12,15,19,25H,3-9,13-14H2,1-2H3,(H,26,29). The lowest BCUT2D eigenvalue weighted by Gasteiger charge is -2.46. The molecule has 3 rings (SSSR count). The molecule has 2 N–H and O–H groups in total. The molecule has 0 spiro atoms. The Labute approximate surface area is 186 Å². The van der Waals surface area contributed by atoms with E-state index >= 15 is 0 Å². The predicted octanol–water partition coefficient (Wildman–Crippen LogP) is 3.71. The molecule has 5 nitrogen and oxygen atoms in total. The van der Waals surface area contributed by atoms with Crippen LogP contribution in [-0.2, 0) is 4.79 Å². The van der Waals surface area contributed by atoms with Crippen molar-refractivity contribution < 1.29 is 14.0 Å². The third-order valence-corrected chi connectivity index (χ3v) is 7.30. The Morgan fingerprint density at radius 2 is 1.90 bits per heavy atom. The van der Waals surface area contributed by atoms with Crippen LogP contribution < -0.4 is 10.6 Å². The molecule has 2 aliphatic carbocycles. The van der Waals surface area contributed by atoms with E-state index in [-0.39, 0.29) is 23.2 Å². The van der Waals surface area contributed by atoms with Crippen LogP contribution in [0.5, 0.6) is 0 Å². The number of amides is 2. The van der Waals surface area contributed by atoms with Gasteiger partial charge in [0.05, 0.1) is 6.54 Å². The average Bonchev–Trinajstić information content (AvgIpc) is 2.67. The summed E-state index contributed by atoms with van der Waals surface area (Å²) in [5, 5.41) is 6.37. The van der Waals surface area contributed by atoms with E-state index in [0.717, 1.165) is 38.5 Å². The molecule has 2 fully saturated rings. The topological polar surface area (TPSA) is 61.4 Å². The Morgan fingerprint density at radius 1 is 1.21 bits per heavy atom. The second kappa shape index (κ2) is 9.73. The summed E-state index contributed by atoms with van der Waals surface area (Å²) in [4.78, 5) is 26.6. The Bertz CT molecular complexity index is 725. The van der Waals surface area contributed by atoms with E-state index in [2.05, 4.69) is 17.6 Å². The van der Waals surface area contributed by atoms with Crippen molar-refractivity contribution in [1.82, 2.24) is 15.5 Å². The quantitative estimate of drug-likeness (QED) is 0.545. The second-order valence-corrected chi connectivity index (χ2v) is 10.0. The number of halogens is 2. The number of carbonyl (C=O) groups excluding carboxylic acids is 2. The zero-order chi connectivity index (χ0) is 21.0. The molecule has 2 saturated carbocycles. The fraction of sp³-hybridized carbons (Fsp3) is 0.636. The fourth-order valence-electron chi connectivity index (χ4n) is 4.27. The first kappa shape index (κ1) is 22.5. The zero-order valence-electron chi connectivity index (χ0n) is 17.3. The maximum atomic E-state index is 13.5. The van der Waals surface area contributed by atoms with Gasteiger partial charge in [0.15, 0.2) is 0 Å². The van der Waals surface area contributed by atoms with Gasteiger partial charge in [-0.15, -0.1) is 0 Å². The highest BCUT2D eigenvalue weighted by Gasteiger charge is 2.38. The normalized spacial score (nSPS) is 23.2. The smallest absolute Gasteiger partial charge is 0.251 e. The molecule has 0 bridgehead atoms. The van der Waals surface area contributed by atoms with Gasteiger partial charge in [0.1, 0.15) is 5.82 Å². The first-order valence-electron chi connectivity index (χ1n) is 10.5. The van der Waals surface area contributed by atoms with Crippen molar-refractivity contribution in [3.63, 3.8) is 0 Å². The van der Waals surface area contributed by atoms with Crippen LogP contribution >= 0.6 is 22.6 Å². The van der Waals surface area contributed by atoms with Crippen LogP contribution in [0.3, 0.4) is 0 Å². The lowest BCUT2D eigenvalue weighted by molar-refractivity contribution is -0.137. The third-order valence-electron chi connectivity index (χ3n) is 6.68. The van der Waals surface area contributed by atoms with Gasteiger partial charge in [-0.3, -0.25) is 9.59 Å². The first-order valence-corrected chi connectivity index (χ1v) is 11.6. The molecule has 0 unspecified atom stereocenters. The van der Waals surface area contributed by atoms with Crippen molar-refractivity contribution >= 4 is 34.4 Å². The molecular weight excluding hydrogens is 484 g/mol. The van der Waals surface area contributed by atoms with Crippen LogP contribution in [0.4, 0.5) is 4.39 Å². The van der Waals surface area contributed by atoms with E-state index in [9.17, 15) is 14.0 Å². The van der Waals surface area contributed by atoms with Crippen molar-refractivity contribution in [1.29, 1.82) is 0 Å². The van der Waals surface area contributed by atoms with E-state index < -0.39 is 0 Å². The lowest BCUT2D eigenvalue weighted by Crippen LogP contribution is -2.54. The first-order chi connectivity index (χ1) is 13.8. The van der Waals surface area contributed by atoms with Gasteiger partial charge in [-0.2, -0.15) is 0 Å². The van der Waals surface area contributed by atoms with Gasteiger partial charge in [0.2, 0.25) is 5.91 Å². The summed E-state index contributed by atoms with van der Waals surface area (Å²) in [6, 6.07) is 4.73. The minimum Gasteiger partial charge on any atom is -0.352 e. The number of hydrogen-bond donors (Lipinski definition) is 2. The van der Waals surface area contributed by atoms with Gasteiger partial charge in [-0.25, -0.2) is 4.39 Å². The average molecular weight is 515 g/mol. The Balaban J connectivity index is 1.36. The van der Waals surface area contributed by atoms with Gasteiger partial charge >= 0.3 is 0 Å². The van der Waals surface area contributed by atoms with Crippen LogP contribution in [-0.4, -0.2) is 48.4 Å². The molecule has 0 aromatic heterocycles. The molecule has 160 valence electrons. The number of nitrogens with zero attached hydrogens (tertiary/aromatic N) is 1. The molecule has 29 heavy (non-hydrogen) atoms. The number of nitrogens with one attached hydrogen (secondary N) is 2. The summed E-state index contributed by atoms with van der Waals surface area (Å²) in [5.41, 5.74) is 0.418. The maximum Gasteiger partial charge on any atom is 0.251 e. The number of carbonyl (C=O) groups is 2. The molecule has 1 aromatic carbocycles. The molecule has 2 amide bonds. The summed E-state index contributed by atoms with van der Waals surface area (Å²) in [6.07, 6.45) is 7.45. The van der Waals surface area contributed by atoms with E-state index in [1.165, 1.54) is 18.6 Å². The Kier molecular flexibility index (Phi) is 7.53. The Morgan fingerprint density at radius 3 is 2.48 bits per heavy atom. The number of benzene rings is 1. The van der Waals surface area contributed by atoms with Crippen LogP contribution in [0.25, 0.3) is 0 Å². The van der Waals surface area contributed by atoms with Crippen LogP contribution in [0.15, 0.2) is 18.2 Å². The molecule has 7 heteroatoms. The van der Waals surface area contributed by atoms with Crippen LogP contribution in [0, 0.1) is 15.3 Å². The molecule has 0 atom stereocenters. The minimum atomic E-state index is -0.389. The van der Waals surface area contributed by atoms with Gasteiger partial charge < -0.3 is 15.5 Å². The monoisotopic (exact) mass is 515 g/mol. The van der Waals surface area contributed by atoms with Gasteiger partial charge in [0.25, 0.3) is 5.91 Å². The summed E-state index contributed by atoms with van der Waals surface area (Å²) in [5.74, 6) is -0.0101. The van der Waals surface area contributed by atoms with Crippen molar-refractivity contribution in [2.24, 2.45) is 5.92 Å². The highest BCUT2D eigenvalue weighted by molar-refractivity contribution is 14.1. The summed E-state index contributed by atoms with van der Waals surface area (Å²) in [7, 11) is 1.92.